The lowest BCUT2D eigenvalue weighted by atomic mass is 10.3. The summed E-state index contributed by atoms with van der Waals surface area (Å²) in [5.41, 5.74) is -0.362. The highest BCUT2D eigenvalue weighted by Crippen LogP contribution is 2.24. The van der Waals surface area contributed by atoms with Crippen LogP contribution in [-0.4, -0.2) is 21.7 Å². The second kappa shape index (κ2) is 5.53. The predicted octanol–water partition coefficient (Wildman–Crippen LogP) is 1.65. The molecule has 1 aromatic rings. The molecule has 0 radical (unpaired) electrons. The van der Waals surface area contributed by atoms with Crippen LogP contribution in [0.3, 0.4) is 0 Å². The van der Waals surface area contributed by atoms with Gasteiger partial charge in [0, 0.05) is 5.75 Å². The van der Waals surface area contributed by atoms with Crippen LogP contribution in [0.4, 0.5) is 0 Å². The zero-order valence-electron chi connectivity index (χ0n) is 7.79. The average molecular weight is 266 g/mol. The molecule has 0 N–H and O–H groups in total. The molecule has 0 atom stereocenters. The molecular weight excluding hydrogens is 259 g/mol. The standard InChI is InChI=1S/C8H8Cl2N2O2S/c1-2-3-15-8-11-5(9)4(7(13)14)6(10)12-8/h2-3H2,1H3,(H,13,14)/p-1. The number of carbonyl (C=O) groups is 1. The SMILES string of the molecule is CCCSc1nc(Cl)c(C(=O)[O-])c(Cl)n1. The third-order valence-corrected chi connectivity index (χ3v) is 3.04. The van der Waals surface area contributed by atoms with E-state index < -0.39 is 5.97 Å². The Morgan fingerprint density at radius 1 is 1.40 bits per heavy atom. The number of aromatic carboxylic acids is 1. The van der Waals surface area contributed by atoms with Crippen LogP contribution in [0.5, 0.6) is 0 Å². The lowest BCUT2D eigenvalue weighted by molar-refractivity contribution is -0.255. The lowest BCUT2D eigenvalue weighted by Crippen LogP contribution is -2.24. The van der Waals surface area contributed by atoms with Crippen LogP contribution in [-0.2, 0) is 0 Å². The van der Waals surface area contributed by atoms with E-state index in [4.69, 9.17) is 23.2 Å². The number of thioether (sulfide) groups is 1. The molecule has 15 heavy (non-hydrogen) atoms. The number of halogens is 2. The van der Waals surface area contributed by atoms with Crippen LogP contribution < -0.4 is 5.11 Å². The quantitative estimate of drug-likeness (QED) is 0.471. The Kier molecular flexibility index (Phi) is 4.63. The van der Waals surface area contributed by atoms with Gasteiger partial charge in [-0.3, -0.25) is 0 Å². The average Bonchev–Trinajstić information content (AvgIpc) is 2.12. The molecule has 1 heterocycles. The molecule has 0 saturated carbocycles. The molecular formula is C8H7Cl2N2O2S-. The first kappa shape index (κ1) is 12.5. The summed E-state index contributed by atoms with van der Waals surface area (Å²) in [5, 5.41) is 10.6. The van der Waals surface area contributed by atoms with Crippen LogP contribution in [0.15, 0.2) is 5.16 Å². The van der Waals surface area contributed by atoms with Crippen LogP contribution in [0.2, 0.25) is 10.3 Å². The van der Waals surface area contributed by atoms with Crippen molar-refractivity contribution in [3.63, 3.8) is 0 Å². The zero-order valence-corrected chi connectivity index (χ0v) is 10.1. The van der Waals surface area contributed by atoms with Gasteiger partial charge in [-0.15, -0.1) is 0 Å². The van der Waals surface area contributed by atoms with E-state index in [-0.39, 0.29) is 15.9 Å². The Bertz CT molecular complexity index is 364. The first-order valence-corrected chi connectivity index (χ1v) is 5.87. The van der Waals surface area contributed by atoms with E-state index in [1.165, 1.54) is 11.8 Å². The maximum Gasteiger partial charge on any atom is 0.190 e. The van der Waals surface area contributed by atoms with Gasteiger partial charge < -0.3 is 9.90 Å². The van der Waals surface area contributed by atoms with Gasteiger partial charge in [-0.1, -0.05) is 41.9 Å². The van der Waals surface area contributed by atoms with Crippen molar-refractivity contribution in [2.45, 2.75) is 18.5 Å². The molecule has 0 aliphatic rings. The summed E-state index contributed by atoms with van der Waals surface area (Å²) < 4.78 is 0. The number of hydrogen-bond donors (Lipinski definition) is 0. The Labute approximate surface area is 101 Å². The third kappa shape index (κ3) is 3.22. The van der Waals surface area contributed by atoms with Gasteiger partial charge in [0.25, 0.3) is 0 Å². The summed E-state index contributed by atoms with van der Waals surface area (Å²) in [4.78, 5) is 18.2. The van der Waals surface area contributed by atoms with Crippen LogP contribution in [0.25, 0.3) is 0 Å². The van der Waals surface area contributed by atoms with Gasteiger partial charge in [0.15, 0.2) is 5.16 Å². The third-order valence-electron chi connectivity index (χ3n) is 1.44. The highest BCUT2D eigenvalue weighted by atomic mass is 35.5. The van der Waals surface area contributed by atoms with Gasteiger partial charge in [0.05, 0.1) is 11.5 Å². The maximum absolute atomic E-state index is 10.6. The smallest absolute Gasteiger partial charge is 0.190 e. The monoisotopic (exact) mass is 265 g/mol. The highest BCUT2D eigenvalue weighted by molar-refractivity contribution is 7.99. The van der Waals surface area contributed by atoms with Crippen molar-refractivity contribution >= 4 is 40.9 Å². The predicted molar refractivity (Wildman–Crippen MR) is 57.4 cm³/mol. The Morgan fingerprint density at radius 2 is 1.93 bits per heavy atom. The largest absolute Gasteiger partial charge is 0.545 e. The molecule has 0 amide bonds. The van der Waals surface area contributed by atoms with Gasteiger partial charge in [-0.2, -0.15) is 0 Å². The van der Waals surface area contributed by atoms with Crippen molar-refractivity contribution in [2.24, 2.45) is 0 Å². The van der Waals surface area contributed by atoms with Crippen molar-refractivity contribution in [3.05, 3.63) is 15.9 Å². The fourth-order valence-electron chi connectivity index (χ4n) is 0.816. The van der Waals surface area contributed by atoms with E-state index in [9.17, 15) is 9.90 Å². The molecule has 1 aromatic heterocycles. The van der Waals surface area contributed by atoms with E-state index in [1.54, 1.807) is 0 Å². The molecule has 1 rings (SSSR count). The molecule has 82 valence electrons. The second-order valence-electron chi connectivity index (χ2n) is 2.60. The van der Waals surface area contributed by atoms with E-state index in [1.807, 2.05) is 6.92 Å². The maximum atomic E-state index is 10.6. The zero-order chi connectivity index (χ0) is 11.4. The summed E-state index contributed by atoms with van der Waals surface area (Å²) in [6.45, 7) is 2.01. The topological polar surface area (TPSA) is 65.9 Å². The highest BCUT2D eigenvalue weighted by Gasteiger charge is 2.12. The van der Waals surface area contributed by atoms with E-state index in [0.717, 1.165) is 12.2 Å². The van der Waals surface area contributed by atoms with E-state index in [0.29, 0.717) is 5.16 Å². The Hall–Kier alpha value is -0.520. The van der Waals surface area contributed by atoms with Crippen molar-refractivity contribution < 1.29 is 9.90 Å². The number of aromatic nitrogens is 2. The van der Waals surface area contributed by atoms with Crippen molar-refractivity contribution in [2.75, 3.05) is 5.75 Å². The van der Waals surface area contributed by atoms with Gasteiger partial charge in [-0.05, 0) is 6.42 Å². The first-order chi connectivity index (χ1) is 7.06. The summed E-state index contributed by atoms with van der Waals surface area (Å²) in [6.07, 6.45) is 0.950. The van der Waals surface area contributed by atoms with Crippen molar-refractivity contribution in [1.82, 2.24) is 9.97 Å². The minimum atomic E-state index is -1.47. The van der Waals surface area contributed by atoms with Gasteiger partial charge >= 0.3 is 0 Å². The lowest BCUT2D eigenvalue weighted by Gasteiger charge is -2.07. The second-order valence-corrected chi connectivity index (χ2v) is 4.38. The molecule has 0 unspecified atom stereocenters. The van der Waals surface area contributed by atoms with Crippen LogP contribution in [0, 0.1) is 0 Å². The van der Waals surface area contributed by atoms with E-state index >= 15 is 0 Å². The van der Waals surface area contributed by atoms with Crippen molar-refractivity contribution in [3.8, 4) is 0 Å². The summed E-state index contributed by atoms with van der Waals surface area (Å²) in [5.74, 6) is -0.658. The Morgan fingerprint density at radius 3 is 2.33 bits per heavy atom. The van der Waals surface area contributed by atoms with E-state index in [2.05, 4.69) is 9.97 Å². The number of carboxylic acid groups (broad SMARTS) is 1. The number of nitrogens with zero attached hydrogens (tertiary/aromatic N) is 2. The molecule has 0 aliphatic carbocycles. The number of carbonyl (C=O) groups excluding carboxylic acids is 1. The molecule has 4 nitrogen and oxygen atoms in total. The minimum Gasteiger partial charge on any atom is -0.545 e. The molecule has 0 aromatic carbocycles. The fourth-order valence-corrected chi connectivity index (χ4v) is 2.16. The number of rotatable bonds is 4. The minimum absolute atomic E-state index is 0.186. The number of hydrogen-bond acceptors (Lipinski definition) is 5. The molecule has 0 fully saturated rings. The first-order valence-electron chi connectivity index (χ1n) is 4.13. The summed E-state index contributed by atoms with van der Waals surface area (Å²) in [6, 6.07) is 0. The van der Waals surface area contributed by atoms with Gasteiger partial charge in [0.1, 0.15) is 10.3 Å². The summed E-state index contributed by atoms with van der Waals surface area (Å²) >= 11 is 12.6. The normalized spacial score (nSPS) is 10.3. The Balaban J connectivity index is 3.03. The molecule has 0 spiro atoms. The fraction of sp³-hybridized carbons (Fsp3) is 0.375. The van der Waals surface area contributed by atoms with Crippen molar-refractivity contribution in [1.29, 1.82) is 0 Å². The molecule has 0 bridgehead atoms. The van der Waals surface area contributed by atoms with Gasteiger partial charge in [-0.25, -0.2) is 9.97 Å². The summed E-state index contributed by atoms with van der Waals surface area (Å²) in [7, 11) is 0. The van der Waals surface area contributed by atoms with Gasteiger partial charge in [0.2, 0.25) is 0 Å². The molecule has 0 saturated heterocycles. The van der Waals surface area contributed by atoms with Crippen LogP contribution in [0.1, 0.15) is 23.7 Å². The van der Waals surface area contributed by atoms with Crippen LogP contribution >= 0.6 is 35.0 Å². The molecule has 0 aliphatic heterocycles. The molecule has 7 heteroatoms. The number of carboxylic acids is 1.